The van der Waals surface area contributed by atoms with Crippen LogP contribution in [0.5, 0.6) is 0 Å². The van der Waals surface area contributed by atoms with Crippen molar-refractivity contribution in [3.05, 3.63) is 59.8 Å². The number of rotatable bonds is 4. The van der Waals surface area contributed by atoms with Crippen molar-refractivity contribution in [2.24, 2.45) is 0 Å². The van der Waals surface area contributed by atoms with Crippen LogP contribution in [0, 0.1) is 6.92 Å². The van der Waals surface area contributed by atoms with Gasteiger partial charge in [0.1, 0.15) is 12.3 Å². The molecule has 0 aliphatic heterocycles. The zero-order valence-electron chi connectivity index (χ0n) is 11.9. The van der Waals surface area contributed by atoms with E-state index in [4.69, 9.17) is 4.74 Å². The third-order valence-corrected chi connectivity index (χ3v) is 2.97. The summed E-state index contributed by atoms with van der Waals surface area (Å²) in [6.07, 6.45) is 3.19. The molecule has 110 valence electrons. The lowest BCUT2D eigenvalue weighted by Gasteiger charge is -2.03. The minimum Gasteiger partial charge on any atom is -0.454 e. The molecule has 0 aliphatic rings. The second kappa shape index (κ2) is 6.13. The first-order chi connectivity index (χ1) is 10.7. The Labute approximate surface area is 126 Å². The molecule has 7 heteroatoms. The second-order valence-electron chi connectivity index (χ2n) is 4.61. The van der Waals surface area contributed by atoms with Crippen molar-refractivity contribution < 1.29 is 9.53 Å². The maximum absolute atomic E-state index is 12.1. The van der Waals surface area contributed by atoms with Gasteiger partial charge in [0.2, 0.25) is 0 Å². The summed E-state index contributed by atoms with van der Waals surface area (Å²) >= 11 is 0. The molecule has 0 saturated heterocycles. The summed E-state index contributed by atoms with van der Waals surface area (Å²) in [5, 5.41) is 10.3. The third-order valence-electron chi connectivity index (χ3n) is 2.97. The average Bonchev–Trinajstić information content (AvgIpc) is 3.04. The Bertz CT molecular complexity index is 768. The standard InChI is InChI=1S/C15H13N5O2/c1-10-7-17-12(8-16-10)9-22-15(21)14-13(18-20-19-14)11-5-3-2-4-6-11/h2-8H,9H2,1H3,(H,18,19,20). The summed E-state index contributed by atoms with van der Waals surface area (Å²) in [5.41, 5.74) is 2.77. The fourth-order valence-corrected chi connectivity index (χ4v) is 1.87. The van der Waals surface area contributed by atoms with Gasteiger partial charge in [0, 0.05) is 11.8 Å². The molecular weight excluding hydrogens is 282 g/mol. The number of carbonyl (C=O) groups excluding carboxylic acids is 1. The normalized spacial score (nSPS) is 10.4. The number of hydrogen-bond acceptors (Lipinski definition) is 6. The van der Waals surface area contributed by atoms with Crippen LogP contribution in [0.2, 0.25) is 0 Å². The number of nitrogens with one attached hydrogen (secondary N) is 1. The van der Waals surface area contributed by atoms with Gasteiger partial charge in [-0.3, -0.25) is 9.97 Å². The maximum Gasteiger partial charge on any atom is 0.361 e. The van der Waals surface area contributed by atoms with Crippen molar-refractivity contribution in [3.63, 3.8) is 0 Å². The van der Waals surface area contributed by atoms with Gasteiger partial charge in [0.05, 0.1) is 17.6 Å². The van der Waals surface area contributed by atoms with Crippen LogP contribution < -0.4 is 0 Å². The first-order valence-electron chi connectivity index (χ1n) is 6.65. The van der Waals surface area contributed by atoms with Gasteiger partial charge in [-0.1, -0.05) is 30.3 Å². The second-order valence-corrected chi connectivity index (χ2v) is 4.61. The van der Waals surface area contributed by atoms with Crippen LogP contribution in [0.25, 0.3) is 11.3 Å². The molecule has 2 heterocycles. The Kier molecular flexibility index (Phi) is 3.86. The van der Waals surface area contributed by atoms with E-state index >= 15 is 0 Å². The SMILES string of the molecule is Cc1cnc(COC(=O)c2n[nH]nc2-c2ccccc2)cn1. The van der Waals surface area contributed by atoms with Crippen molar-refractivity contribution in [1.29, 1.82) is 0 Å². The Morgan fingerprint density at radius 3 is 2.68 bits per heavy atom. The summed E-state index contributed by atoms with van der Waals surface area (Å²) in [5.74, 6) is -0.560. The molecule has 3 rings (SSSR count). The summed E-state index contributed by atoms with van der Waals surface area (Å²) < 4.78 is 5.21. The highest BCUT2D eigenvalue weighted by Gasteiger charge is 2.19. The van der Waals surface area contributed by atoms with Crippen molar-refractivity contribution in [2.75, 3.05) is 0 Å². The molecule has 2 aromatic heterocycles. The van der Waals surface area contributed by atoms with Gasteiger partial charge in [-0.15, -0.1) is 5.10 Å². The summed E-state index contributed by atoms with van der Waals surface area (Å²) in [4.78, 5) is 20.4. The van der Waals surface area contributed by atoms with Crippen LogP contribution in [-0.2, 0) is 11.3 Å². The van der Waals surface area contributed by atoms with Gasteiger partial charge in [0.25, 0.3) is 0 Å². The van der Waals surface area contributed by atoms with Gasteiger partial charge in [-0.25, -0.2) is 4.79 Å². The number of benzene rings is 1. The lowest BCUT2D eigenvalue weighted by Crippen LogP contribution is -2.08. The molecule has 0 unspecified atom stereocenters. The van der Waals surface area contributed by atoms with Crippen LogP contribution in [0.4, 0.5) is 0 Å². The zero-order valence-corrected chi connectivity index (χ0v) is 11.9. The number of ether oxygens (including phenoxy) is 1. The van der Waals surface area contributed by atoms with Gasteiger partial charge in [-0.05, 0) is 6.92 Å². The van der Waals surface area contributed by atoms with E-state index in [1.807, 2.05) is 37.3 Å². The van der Waals surface area contributed by atoms with E-state index in [1.54, 1.807) is 12.4 Å². The Balaban J connectivity index is 1.73. The number of H-pyrrole nitrogens is 1. The summed E-state index contributed by atoms with van der Waals surface area (Å²) in [7, 11) is 0. The molecule has 0 fully saturated rings. The fraction of sp³-hybridized carbons (Fsp3) is 0.133. The van der Waals surface area contributed by atoms with Crippen LogP contribution in [0.3, 0.4) is 0 Å². The van der Waals surface area contributed by atoms with Crippen LogP contribution >= 0.6 is 0 Å². The quantitative estimate of drug-likeness (QED) is 0.739. The number of aromatic nitrogens is 5. The van der Waals surface area contributed by atoms with E-state index < -0.39 is 5.97 Å². The zero-order chi connectivity index (χ0) is 15.4. The molecule has 0 atom stereocenters. The minimum atomic E-state index is -0.560. The number of carbonyl (C=O) groups is 1. The Hall–Kier alpha value is -3.09. The lowest BCUT2D eigenvalue weighted by atomic mass is 10.1. The molecule has 0 bridgehead atoms. The van der Waals surface area contributed by atoms with Crippen LogP contribution in [0.15, 0.2) is 42.7 Å². The van der Waals surface area contributed by atoms with Gasteiger partial charge in [0.15, 0.2) is 5.69 Å². The first-order valence-corrected chi connectivity index (χ1v) is 6.65. The van der Waals surface area contributed by atoms with Crippen molar-refractivity contribution >= 4 is 5.97 Å². The van der Waals surface area contributed by atoms with Crippen molar-refractivity contribution in [2.45, 2.75) is 13.5 Å². The number of esters is 1. The van der Waals surface area contributed by atoms with Crippen LogP contribution in [-0.4, -0.2) is 31.3 Å². The molecular formula is C15H13N5O2. The molecule has 0 amide bonds. The van der Waals surface area contributed by atoms with E-state index in [2.05, 4.69) is 25.4 Å². The monoisotopic (exact) mass is 295 g/mol. The predicted molar refractivity (Wildman–Crippen MR) is 77.7 cm³/mol. The van der Waals surface area contributed by atoms with E-state index in [-0.39, 0.29) is 12.3 Å². The molecule has 0 spiro atoms. The largest absolute Gasteiger partial charge is 0.454 e. The summed E-state index contributed by atoms with van der Waals surface area (Å²) in [6, 6.07) is 9.31. The molecule has 0 saturated carbocycles. The number of hydrogen-bond donors (Lipinski definition) is 1. The molecule has 1 aromatic carbocycles. The lowest BCUT2D eigenvalue weighted by molar-refractivity contribution is 0.0461. The molecule has 0 aliphatic carbocycles. The highest BCUT2D eigenvalue weighted by atomic mass is 16.5. The molecule has 1 N–H and O–H groups in total. The predicted octanol–water partition coefficient (Wildman–Crippen LogP) is 1.93. The van der Waals surface area contributed by atoms with Crippen LogP contribution in [0.1, 0.15) is 21.9 Å². The van der Waals surface area contributed by atoms with Gasteiger partial charge < -0.3 is 4.74 Å². The minimum absolute atomic E-state index is 0.0349. The van der Waals surface area contributed by atoms with Gasteiger partial charge in [-0.2, -0.15) is 10.3 Å². The van der Waals surface area contributed by atoms with Crippen molar-refractivity contribution in [3.8, 4) is 11.3 Å². The van der Waals surface area contributed by atoms with E-state index in [9.17, 15) is 4.79 Å². The Morgan fingerprint density at radius 2 is 1.95 bits per heavy atom. The van der Waals surface area contributed by atoms with Gasteiger partial charge >= 0.3 is 5.97 Å². The number of aryl methyl sites for hydroxylation is 1. The van der Waals surface area contributed by atoms with Crippen molar-refractivity contribution in [1.82, 2.24) is 25.4 Å². The molecule has 22 heavy (non-hydrogen) atoms. The smallest absolute Gasteiger partial charge is 0.361 e. The number of aromatic amines is 1. The van der Waals surface area contributed by atoms with E-state index in [0.29, 0.717) is 11.4 Å². The topological polar surface area (TPSA) is 93.7 Å². The summed E-state index contributed by atoms with van der Waals surface area (Å²) in [6.45, 7) is 1.87. The highest BCUT2D eigenvalue weighted by molar-refractivity contribution is 5.93. The molecule has 0 radical (unpaired) electrons. The average molecular weight is 295 g/mol. The maximum atomic E-state index is 12.1. The molecule has 7 nitrogen and oxygen atoms in total. The highest BCUT2D eigenvalue weighted by Crippen LogP contribution is 2.19. The Morgan fingerprint density at radius 1 is 1.14 bits per heavy atom. The van der Waals surface area contributed by atoms with E-state index in [1.165, 1.54) is 0 Å². The van der Waals surface area contributed by atoms with E-state index in [0.717, 1.165) is 11.3 Å². The third kappa shape index (κ3) is 2.98. The number of nitrogens with zero attached hydrogens (tertiary/aromatic N) is 4. The molecule has 3 aromatic rings. The first kappa shape index (κ1) is 13.9. The fourth-order valence-electron chi connectivity index (χ4n) is 1.87.